The molecule has 1 aliphatic rings. The molecule has 4 rings (SSSR count). The van der Waals surface area contributed by atoms with Gasteiger partial charge in [-0.1, -0.05) is 24.6 Å². The van der Waals surface area contributed by atoms with Crippen molar-refractivity contribution < 1.29 is 4.79 Å². The maximum absolute atomic E-state index is 12.7. The fourth-order valence-electron chi connectivity index (χ4n) is 3.30. The highest BCUT2D eigenvalue weighted by Gasteiger charge is 2.18. The van der Waals surface area contributed by atoms with E-state index in [1.54, 1.807) is 10.8 Å². The number of hydrogen-bond donors (Lipinski definition) is 2. The van der Waals surface area contributed by atoms with Crippen molar-refractivity contribution >= 4 is 18.1 Å². The smallest absolute Gasteiger partial charge is 0.270 e. The van der Waals surface area contributed by atoms with Gasteiger partial charge in [-0.05, 0) is 37.2 Å². The number of fused-ring (bicyclic) bond motifs is 1. The minimum Gasteiger partial charge on any atom is -0.343 e. The van der Waals surface area contributed by atoms with E-state index in [2.05, 4.69) is 25.1 Å². The van der Waals surface area contributed by atoms with Crippen LogP contribution in [0.15, 0.2) is 36.5 Å². The van der Waals surface area contributed by atoms with Crippen molar-refractivity contribution in [1.29, 1.82) is 0 Å². The normalized spacial score (nSPS) is 13.8. The van der Waals surface area contributed by atoms with Crippen molar-refractivity contribution in [2.24, 2.45) is 0 Å². The van der Waals surface area contributed by atoms with Crippen LogP contribution in [0.4, 0.5) is 0 Å². The molecule has 134 valence electrons. The Bertz CT molecular complexity index is 971. The highest BCUT2D eigenvalue weighted by molar-refractivity contribution is 7.71. The van der Waals surface area contributed by atoms with Crippen molar-refractivity contribution in [3.8, 4) is 5.69 Å². The van der Waals surface area contributed by atoms with Crippen LogP contribution in [0.3, 0.4) is 0 Å². The van der Waals surface area contributed by atoms with Crippen LogP contribution in [-0.4, -0.2) is 30.2 Å². The lowest BCUT2D eigenvalue weighted by Crippen LogP contribution is -2.27. The molecule has 0 unspecified atom stereocenters. The van der Waals surface area contributed by atoms with Gasteiger partial charge in [0.15, 0.2) is 10.6 Å². The molecule has 0 saturated carbocycles. The highest BCUT2D eigenvalue weighted by atomic mass is 32.1. The van der Waals surface area contributed by atoms with Gasteiger partial charge in [0, 0.05) is 24.8 Å². The fraction of sp³-hybridized carbons (Fsp3) is 0.333. The summed E-state index contributed by atoms with van der Waals surface area (Å²) in [7, 11) is 0. The average Bonchev–Trinajstić information content (AvgIpc) is 3.15. The zero-order valence-corrected chi connectivity index (χ0v) is 15.1. The number of rotatable bonds is 4. The van der Waals surface area contributed by atoms with Crippen LogP contribution in [0.1, 0.15) is 41.4 Å². The number of hydrogen-bond acceptors (Lipinski definition) is 4. The molecule has 2 aromatic heterocycles. The number of aromatic nitrogens is 5. The number of nitrogens with zero attached hydrogens (tertiary/aromatic N) is 4. The van der Waals surface area contributed by atoms with Crippen molar-refractivity contribution in [3.63, 3.8) is 0 Å². The predicted molar refractivity (Wildman–Crippen MR) is 99.7 cm³/mol. The monoisotopic (exact) mass is 368 g/mol. The summed E-state index contributed by atoms with van der Waals surface area (Å²) in [6, 6.07) is 9.59. The molecule has 0 saturated heterocycles. The molecule has 1 aromatic carbocycles. The Morgan fingerprint density at radius 2 is 2.04 bits per heavy atom. The van der Waals surface area contributed by atoms with Crippen LogP contribution < -0.4 is 5.32 Å². The van der Waals surface area contributed by atoms with Crippen LogP contribution in [0.25, 0.3) is 5.69 Å². The molecule has 3 heterocycles. The number of amides is 1. The molecule has 26 heavy (non-hydrogen) atoms. The van der Waals surface area contributed by atoms with E-state index < -0.39 is 0 Å². The first-order valence-corrected chi connectivity index (χ1v) is 9.20. The van der Waals surface area contributed by atoms with Crippen molar-refractivity contribution in [2.45, 2.75) is 38.8 Å². The molecule has 0 spiro atoms. The largest absolute Gasteiger partial charge is 0.343 e. The molecule has 0 aliphatic carbocycles. The molecule has 0 bridgehead atoms. The van der Waals surface area contributed by atoms with Gasteiger partial charge in [-0.3, -0.25) is 9.36 Å². The summed E-state index contributed by atoms with van der Waals surface area (Å²) in [5, 5.41) is 11.5. The summed E-state index contributed by atoms with van der Waals surface area (Å²) in [5.74, 6) is 1.61. The van der Waals surface area contributed by atoms with Gasteiger partial charge in [-0.25, -0.2) is 0 Å². The number of benzene rings is 1. The Kier molecular flexibility index (Phi) is 4.66. The molecule has 1 aliphatic heterocycles. The van der Waals surface area contributed by atoms with E-state index >= 15 is 0 Å². The molecule has 8 heteroatoms. The first kappa shape index (κ1) is 16.7. The van der Waals surface area contributed by atoms with Crippen LogP contribution in [0.2, 0.25) is 0 Å². The van der Waals surface area contributed by atoms with Gasteiger partial charge in [-0.2, -0.15) is 0 Å². The number of carbonyl (C=O) groups is 1. The van der Waals surface area contributed by atoms with Gasteiger partial charge in [0.05, 0.1) is 6.54 Å². The zero-order valence-electron chi connectivity index (χ0n) is 14.3. The van der Waals surface area contributed by atoms with Gasteiger partial charge in [0.2, 0.25) is 0 Å². The summed E-state index contributed by atoms with van der Waals surface area (Å²) < 4.78 is 4.35. The van der Waals surface area contributed by atoms with E-state index in [-0.39, 0.29) is 5.91 Å². The van der Waals surface area contributed by atoms with Crippen molar-refractivity contribution in [2.75, 3.05) is 0 Å². The Hall–Kier alpha value is -2.74. The molecule has 7 nitrogen and oxygen atoms in total. The third-order valence-corrected chi connectivity index (χ3v) is 4.92. The standard InChI is InChI=1S/C18H20N6OS/c25-17(14-11-20-18(26)24(14)13-7-3-1-4-8-13)19-12-16-22-21-15-9-5-2-6-10-23(15)16/h1,3-4,7-8,11H,2,5-6,9-10,12H2,(H,19,25)(H,20,26). The van der Waals surface area contributed by atoms with E-state index in [0.717, 1.165) is 43.1 Å². The van der Waals surface area contributed by atoms with E-state index in [4.69, 9.17) is 12.2 Å². The molecule has 0 atom stereocenters. The number of imidazole rings is 1. The Balaban J connectivity index is 1.54. The van der Waals surface area contributed by atoms with Crippen LogP contribution in [-0.2, 0) is 19.5 Å². The number of H-pyrrole nitrogens is 1. The second kappa shape index (κ2) is 7.25. The SMILES string of the molecule is O=C(NCc1nnc2n1CCCCC2)c1c[nH]c(=S)n1-c1ccccc1. The predicted octanol–water partition coefficient (Wildman–Crippen LogP) is 2.78. The fourth-order valence-corrected chi connectivity index (χ4v) is 3.56. The molecule has 1 amide bonds. The molecule has 0 fully saturated rings. The molecular weight excluding hydrogens is 348 g/mol. The van der Waals surface area contributed by atoms with Gasteiger partial charge < -0.3 is 14.9 Å². The maximum Gasteiger partial charge on any atom is 0.270 e. The third-order valence-electron chi connectivity index (χ3n) is 4.62. The summed E-state index contributed by atoms with van der Waals surface area (Å²) in [4.78, 5) is 15.7. The van der Waals surface area contributed by atoms with Crippen LogP contribution >= 0.6 is 12.2 Å². The minimum absolute atomic E-state index is 0.202. The van der Waals surface area contributed by atoms with E-state index in [1.165, 1.54) is 6.42 Å². The summed E-state index contributed by atoms with van der Waals surface area (Å²) in [6.45, 7) is 1.26. The summed E-state index contributed by atoms with van der Waals surface area (Å²) in [6.07, 6.45) is 6.06. The van der Waals surface area contributed by atoms with Gasteiger partial charge in [-0.15, -0.1) is 10.2 Å². The van der Waals surface area contributed by atoms with E-state index in [1.807, 2.05) is 30.3 Å². The Labute approximate surface area is 156 Å². The number of carbonyl (C=O) groups excluding carboxylic acids is 1. The van der Waals surface area contributed by atoms with Gasteiger partial charge >= 0.3 is 0 Å². The first-order valence-electron chi connectivity index (χ1n) is 8.79. The van der Waals surface area contributed by atoms with E-state index in [0.29, 0.717) is 17.0 Å². The van der Waals surface area contributed by atoms with Crippen LogP contribution in [0.5, 0.6) is 0 Å². The van der Waals surface area contributed by atoms with E-state index in [9.17, 15) is 4.79 Å². The summed E-state index contributed by atoms with van der Waals surface area (Å²) >= 11 is 5.33. The molecule has 0 radical (unpaired) electrons. The van der Waals surface area contributed by atoms with Gasteiger partial charge in [0.1, 0.15) is 11.5 Å². The highest BCUT2D eigenvalue weighted by Crippen LogP contribution is 2.15. The topological polar surface area (TPSA) is 80.5 Å². The lowest BCUT2D eigenvalue weighted by atomic mass is 10.2. The minimum atomic E-state index is -0.202. The van der Waals surface area contributed by atoms with Crippen molar-refractivity contribution in [1.82, 2.24) is 29.6 Å². The lowest BCUT2D eigenvalue weighted by molar-refractivity contribution is 0.0942. The zero-order chi connectivity index (χ0) is 17.9. The second-order valence-corrected chi connectivity index (χ2v) is 6.71. The molecular formula is C18H20N6OS. The molecule has 3 aromatic rings. The number of aromatic amines is 1. The Morgan fingerprint density at radius 1 is 1.19 bits per heavy atom. The van der Waals surface area contributed by atoms with Gasteiger partial charge in [0.25, 0.3) is 5.91 Å². The summed E-state index contributed by atoms with van der Waals surface area (Å²) in [5.41, 5.74) is 1.32. The quantitative estimate of drug-likeness (QED) is 0.694. The number of nitrogens with one attached hydrogen (secondary N) is 2. The third kappa shape index (κ3) is 3.20. The second-order valence-electron chi connectivity index (χ2n) is 6.33. The Morgan fingerprint density at radius 3 is 2.88 bits per heavy atom. The number of para-hydroxylation sites is 1. The first-order chi connectivity index (χ1) is 12.7. The van der Waals surface area contributed by atoms with Crippen LogP contribution in [0, 0.1) is 4.77 Å². The molecule has 2 N–H and O–H groups in total. The lowest BCUT2D eigenvalue weighted by Gasteiger charge is -2.10. The van der Waals surface area contributed by atoms with Crippen molar-refractivity contribution in [3.05, 3.63) is 58.6 Å². The maximum atomic E-state index is 12.7. The number of aryl methyl sites for hydroxylation is 1. The average molecular weight is 368 g/mol.